The van der Waals surface area contributed by atoms with Crippen LogP contribution in [0.3, 0.4) is 0 Å². The highest BCUT2D eigenvalue weighted by Crippen LogP contribution is 2.24. The van der Waals surface area contributed by atoms with Crippen LogP contribution in [0.15, 0.2) is 36.4 Å². The lowest BCUT2D eigenvalue weighted by Gasteiger charge is -2.33. The number of anilines is 5. The second-order valence-electron chi connectivity index (χ2n) is 6.92. The summed E-state index contributed by atoms with van der Waals surface area (Å²) in [6, 6.07) is 11.4. The normalized spacial score (nSPS) is 14.9. The minimum Gasteiger partial charge on any atom is -0.354 e. The lowest BCUT2D eigenvalue weighted by molar-refractivity contribution is 0.312. The van der Waals surface area contributed by atoms with Gasteiger partial charge in [0.1, 0.15) is 11.6 Å². The molecule has 2 aromatic heterocycles. The molecular formula is C19H23ClN8. The summed E-state index contributed by atoms with van der Waals surface area (Å²) in [6.07, 6.45) is 0. The van der Waals surface area contributed by atoms with E-state index in [0.717, 1.165) is 43.4 Å². The minimum atomic E-state index is 0.508. The van der Waals surface area contributed by atoms with Crippen LogP contribution in [0, 0.1) is 6.92 Å². The van der Waals surface area contributed by atoms with Crippen molar-refractivity contribution in [3.05, 3.63) is 47.1 Å². The van der Waals surface area contributed by atoms with Crippen molar-refractivity contribution in [3.8, 4) is 0 Å². The van der Waals surface area contributed by atoms with Crippen molar-refractivity contribution in [1.82, 2.24) is 25.1 Å². The van der Waals surface area contributed by atoms with Gasteiger partial charge in [-0.25, -0.2) is 0 Å². The summed E-state index contributed by atoms with van der Waals surface area (Å²) in [5.74, 6) is 2.78. The van der Waals surface area contributed by atoms with Crippen LogP contribution in [0.2, 0.25) is 5.02 Å². The molecule has 1 aliphatic rings. The van der Waals surface area contributed by atoms with E-state index in [4.69, 9.17) is 16.6 Å². The maximum atomic E-state index is 6.10. The van der Waals surface area contributed by atoms with Crippen LogP contribution in [-0.4, -0.2) is 58.3 Å². The smallest absolute Gasteiger partial charge is 0.231 e. The summed E-state index contributed by atoms with van der Waals surface area (Å²) < 4.78 is 0. The van der Waals surface area contributed by atoms with Gasteiger partial charge in [0.2, 0.25) is 5.95 Å². The fourth-order valence-corrected chi connectivity index (χ4v) is 3.25. The third-order valence-corrected chi connectivity index (χ3v) is 4.82. The number of aryl methyl sites for hydroxylation is 1. The number of rotatable bonds is 5. The SMILES string of the molecule is Cc1cc(Nc2cc(N3CCN(C)CC3)nc(Nc3cccc(Cl)c3)n2)n[nH]1. The number of likely N-dealkylation sites (N-methyl/N-ethyl adjacent to an activating group) is 1. The Kier molecular flexibility index (Phi) is 5.31. The average Bonchev–Trinajstić information content (AvgIpc) is 3.07. The van der Waals surface area contributed by atoms with E-state index in [1.807, 2.05) is 43.3 Å². The number of benzene rings is 1. The standard InChI is InChI=1S/C19H23ClN8/c1-13-10-17(26-25-13)22-16-12-18(28-8-6-27(2)7-9-28)24-19(23-16)21-15-5-3-4-14(20)11-15/h3-5,10-12H,6-9H2,1-2H3,(H3,21,22,23,24,25,26). The zero-order chi connectivity index (χ0) is 19.5. The third kappa shape index (κ3) is 4.52. The van der Waals surface area contributed by atoms with E-state index in [-0.39, 0.29) is 0 Å². The minimum absolute atomic E-state index is 0.508. The molecule has 3 aromatic rings. The summed E-state index contributed by atoms with van der Waals surface area (Å²) >= 11 is 6.10. The molecule has 0 saturated carbocycles. The Morgan fingerprint density at radius 1 is 1.00 bits per heavy atom. The summed E-state index contributed by atoms with van der Waals surface area (Å²) in [4.78, 5) is 13.9. The van der Waals surface area contributed by atoms with Crippen LogP contribution in [-0.2, 0) is 0 Å². The summed E-state index contributed by atoms with van der Waals surface area (Å²) in [5.41, 5.74) is 1.82. The highest BCUT2D eigenvalue weighted by atomic mass is 35.5. The van der Waals surface area contributed by atoms with Gasteiger partial charge in [-0.3, -0.25) is 5.10 Å². The molecule has 1 fully saturated rings. The molecule has 3 heterocycles. The van der Waals surface area contributed by atoms with Crippen molar-refractivity contribution in [1.29, 1.82) is 0 Å². The lowest BCUT2D eigenvalue weighted by Crippen LogP contribution is -2.44. The first kappa shape index (κ1) is 18.5. The summed E-state index contributed by atoms with van der Waals surface area (Å²) in [7, 11) is 2.14. The number of piperazine rings is 1. The van der Waals surface area contributed by atoms with Gasteiger partial charge in [0, 0.05) is 54.7 Å². The molecule has 1 saturated heterocycles. The number of nitrogens with zero attached hydrogens (tertiary/aromatic N) is 5. The van der Waals surface area contributed by atoms with Crippen LogP contribution in [0.5, 0.6) is 0 Å². The van der Waals surface area contributed by atoms with Gasteiger partial charge in [0.05, 0.1) is 0 Å². The first-order chi connectivity index (χ1) is 13.5. The third-order valence-electron chi connectivity index (χ3n) is 4.58. The van der Waals surface area contributed by atoms with Gasteiger partial charge < -0.3 is 20.4 Å². The quantitative estimate of drug-likeness (QED) is 0.607. The lowest BCUT2D eigenvalue weighted by atomic mass is 10.3. The Morgan fingerprint density at radius 3 is 2.54 bits per heavy atom. The van der Waals surface area contributed by atoms with Crippen molar-refractivity contribution in [2.24, 2.45) is 0 Å². The summed E-state index contributed by atoms with van der Waals surface area (Å²) in [5, 5.41) is 14.3. The van der Waals surface area contributed by atoms with Gasteiger partial charge in [0.15, 0.2) is 5.82 Å². The zero-order valence-corrected chi connectivity index (χ0v) is 16.7. The molecule has 0 bridgehead atoms. The van der Waals surface area contributed by atoms with E-state index in [9.17, 15) is 0 Å². The van der Waals surface area contributed by atoms with E-state index in [2.05, 4.69) is 42.7 Å². The van der Waals surface area contributed by atoms with E-state index >= 15 is 0 Å². The Labute approximate surface area is 168 Å². The highest BCUT2D eigenvalue weighted by molar-refractivity contribution is 6.30. The second kappa shape index (κ2) is 8.04. The van der Waals surface area contributed by atoms with Crippen LogP contribution in [0.25, 0.3) is 0 Å². The Balaban J connectivity index is 1.63. The molecule has 0 amide bonds. The van der Waals surface area contributed by atoms with Gasteiger partial charge in [0.25, 0.3) is 0 Å². The Bertz CT molecular complexity index is 949. The first-order valence-corrected chi connectivity index (χ1v) is 9.57. The molecule has 9 heteroatoms. The van der Waals surface area contributed by atoms with E-state index in [0.29, 0.717) is 22.6 Å². The largest absolute Gasteiger partial charge is 0.354 e. The van der Waals surface area contributed by atoms with Crippen LogP contribution in [0.4, 0.5) is 29.1 Å². The molecule has 0 unspecified atom stereocenters. The van der Waals surface area contributed by atoms with Gasteiger partial charge >= 0.3 is 0 Å². The molecule has 1 aliphatic heterocycles. The summed E-state index contributed by atoms with van der Waals surface area (Å²) in [6.45, 7) is 5.81. The molecule has 1 aromatic carbocycles. The van der Waals surface area contributed by atoms with E-state index in [1.165, 1.54) is 0 Å². The zero-order valence-electron chi connectivity index (χ0n) is 15.9. The maximum absolute atomic E-state index is 6.10. The average molecular weight is 399 g/mol. The molecule has 0 radical (unpaired) electrons. The molecule has 28 heavy (non-hydrogen) atoms. The number of aromatic amines is 1. The number of nitrogens with one attached hydrogen (secondary N) is 3. The number of aromatic nitrogens is 4. The molecule has 0 atom stereocenters. The topological polar surface area (TPSA) is 85.0 Å². The molecule has 8 nitrogen and oxygen atoms in total. The predicted octanol–water partition coefficient (Wildman–Crippen LogP) is 3.40. The first-order valence-electron chi connectivity index (χ1n) is 9.19. The van der Waals surface area contributed by atoms with Gasteiger partial charge in [-0.1, -0.05) is 17.7 Å². The predicted molar refractivity (Wildman–Crippen MR) is 113 cm³/mol. The maximum Gasteiger partial charge on any atom is 0.231 e. The fourth-order valence-electron chi connectivity index (χ4n) is 3.06. The molecular weight excluding hydrogens is 376 g/mol. The molecule has 4 rings (SSSR count). The van der Waals surface area contributed by atoms with Gasteiger partial charge in [-0.05, 0) is 32.2 Å². The molecule has 0 spiro atoms. The second-order valence-corrected chi connectivity index (χ2v) is 7.36. The van der Waals surface area contributed by atoms with Crippen LogP contribution >= 0.6 is 11.6 Å². The monoisotopic (exact) mass is 398 g/mol. The van der Waals surface area contributed by atoms with E-state index in [1.54, 1.807) is 0 Å². The van der Waals surface area contributed by atoms with Crippen molar-refractivity contribution in [2.45, 2.75) is 6.92 Å². The number of halogens is 1. The van der Waals surface area contributed by atoms with Crippen molar-refractivity contribution < 1.29 is 0 Å². The van der Waals surface area contributed by atoms with Gasteiger partial charge in [-0.2, -0.15) is 15.1 Å². The van der Waals surface area contributed by atoms with Crippen molar-refractivity contribution >= 4 is 40.7 Å². The van der Waals surface area contributed by atoms with Gasteiger partial charge in [-0.15, -0.1) is 0 Å². The van der Waals surface area contributed by atoms with Crippen molar-refractivity contribution in [2.75, 3.05) is 48.8 Å². The number of H-pyrrole nitrogens is 1. The van der Waals surface area contributed by atoms with Crippen LogP contribution in [0.1, 0.15) is 5.69 Å². The number of hydrogen-bond donors (Lipinski definition) is 3. The fraction of sp³-hybridized carbons (Fsp3) is 0.316. The molecule has 146 valence electrons. The van der Waals surface area contributed by atoms with Crippen LogP contribution < -0.4 is 15.5 Å². The Morgan fingerprint density at radius 2 is 1.82 bits per heavy atom. The Hall–Kier alpha value is -2.84. The van der Waals surface area contributed by atoms with E-state index < -0.39 is 0 Å². The molecule has 3 N–H and O–H groups in total. The number of hydrogen-bond acceptors (Lipinski definition) is 7. The molecule has 0 aliphatic carbocycles. The highest BCUT2D eigenvalue weighted by Gasteiger charge is 2.17. The van der Waals surface area contributed by atoms with Crippen molar-refractivity contribution in [3.63, 3.8) is 0 Å².